The highest BCUT2D eigenvalue weighted by atomic mass is 32.1. The van der Waals surface area contributed by atoms with Crippen LogP contribution in [0.2, 0.25) is 0 Å². The zero-order valence-electron chi connectivity index (χ0n) is 11.0. The van der Waals surface area contributed by atoms with Gasteiger partial charge in [-0.2, -0.15) is 0 Å². The van der Waals surface area contributed by atoms with Gasteiger partial charge in [0.05, 0.1) is 17.1 Å². The molecular weight excluding hydrogens is 234 g/mol. The van der Waals surface area contributed by atoms with E-state index in [1.807, 2.05) is 20.0 Å². The fourth-order valence-corrected chi connectivity index (χ4v) is 2.69. The molecule has 1 aromatic rings. The van der Waals surface area contributed by atoms with Crippen molar-refractivity contribution >= 4 is 17.2 Å². The number of hydrogen-bond acceptors (Lipinski definition) is 4. The zero-order valence-corrected chi connectivity index (χ0v) is 11.8. The fourth-order valence-electron chi connectivity index (χ4n) is 1.85. The molecule has 2 N–H and O–H groups in total. The van der Waals surface area contributed by atoms with Gasteiger partial charge >= 0.3 is 0 Å². The third-order valence-electron chi connectivity index (χ3n) is 2.67. The Morgan fingerprint density at radius 2 is 2.29 bits per heavy atom. The summed E-state index contributed by atoms with van der Waals surface area (Å²) in [5, 5.41) is 1.02. The molecule has 0 aromatic carbocycles. The SMILES string of the molecule is CCCC(C)(N)C(=O)N(C)Cc1cnc(C)s1. The minimum atomic E-state index is -0.761. The molecule has 17 heavy (non-hydrogen) atoms. The first kappa shape index (κ1) is 14.1. The number of thiazole rings is 1. The van der Waals surface area contributed by atoms with E-state index in [4.69, 9.17) is 5.73 Å². The summed E-state index contributed by atoms with van der Waals surface area (Å²) in [4.78, 5) is 19.1. The zero-order chi connectivity index (χ0) is 13.1. The Balaban J connectivity index is 2.64. The highest BCUT2D eigenvalue weighted by Gasteiger charge is 2.30. The molecule has 0 aliphatic rings. The van der Waals surface area contributed by atoms with E-state index in [1.165, 1.54) is 0 Å². The Morgan fingerprint density at radius 1 is 1.65 bits per heavy atom. The topological polar surface area (TPSA) is 59.2 Å². The van der Waals surface area contributed by atoms with E-state index in [1.54, 1.807) is 30.2 Å². The van der Waals surface area contributed by atoms with Crippen molar-refractivity contribution in [1.82, 2.24) is 9.88 Å². The molecule has 0 aliphatic heterocycles. The molecule has 1 atom stereocenters. The van der Waals surface area contributed by atoms with Crippen molar-refractivity contribution in [3.05, 3.63) is 16.1 Å². The largest absolute Gasteiger partial charge is 0.339 e. The highest BCUT2D eigenvalue weighted by Crippen LogP contribution is 2.17. The van der Waals surface area contributed by atoms with E-state index in [-0.39, 0.29) is 5.91 Å². The van der Waals surface area contributed by atoms with E-state index < -0.39 is 5.54 Å². The van der Waals surface area contributed by atoms with Gasteiger partial charge in [0.25, 0.3) is 0 Å². The van der Waals surface area contributed by atoms with E-state index in [9.17, 15) is 4.79 Å². The lowest BCUT2D eigenvalue weighted by molar-refractivity contribution is -0.135. The van der Waals surface area contributed by atoms with E-state index >= 15 is 0 Å². The van der Waals surface area contributed by atoms with Crippen LogP contribution in [-0.4, -0.2) is 28.4 Å². The van der Waals surface area contributed by atoms with Gasteiger partial charge in [-0.05, 0) is 20.3 Å². The maximum atomic E-state index is 12.2. The van der Waals surface area contributed by atoms with Crippen LogP contribution < -0.4 is 5.73 Å². The number of aryl methyl sites for hydroxylation is 1. The molecule has 1 heterocycles. The fraction of sp³-hybridized carbons (Fsp3) is 0.667. The second-order valence-electron chi connectivity index (χ2n) is 4.67. The number of nitrogens with zero attached hydrogens (tertiary/aromatic N) is 2. The Labute approximate surface area is 107 Å². The maximum absolute atomic E-state index is 12.2. The van der Waals surface area contributed by atoms with Crippen LogP contribution in [0.1, 0.15) is 36.6 Å². The van der Waals surface area contributed by atoms with Crippen LogP contribution in [0, 0.1) is 6.92 Å². The maximum Gasteiger partial charge on any atom is 0.242 e. The van der Waals surface area contributed by atoms with Crippen molar-refractivity contribution in [2.45, 2.75) is 45.7 Å². The number of hydrogen-bond donors (Lipinski definition) is 1. The third kappa shape index (κ3) is 3.78. The summed E-state index contributed by atoms with van der Waals surface area (Å²) in [6, 6.07) is 0. The Kier molecular flexibility index (Phi) is 4.65. The van der Waals surface area contributed by atoms with E-state index in [0.717, 1.165) is 16.3 Å². The van der Waals surface area contributed by atoms with Crippen LogP contribution in [-0.2, 0) is 11.3 Å². The standard InChI is InChI=1S/C12H21N3OS/c1-5-6-12(3,13)11(16)15(4)8-10-7-14-9(2)17-10/h7H,5-6,8,13H2,1-4H3. The second kappa shape index (κ2) is 5.60. The van der Waals surface area contributed by atoms with Crippen LogP contribution in [0.4, 0.5) is 0 Å². The summed E-state index contributed by atoms with van der Waals surface area (Å²) >= 11 is 1.61. The summed E-state index contributed by atoms with van der Waals surface area (Å²) in [7, 11) is 1.79. The highest BCUT2D eigenvalue weighted by molar-refractivity contribution is 7.11. The Hall–Kier alpha value is -0.940. The summed E-state index contributed by atoms with van der Waals surface area (Å²) in [5.74, 6) is -0.00889. The van der Waals surface area contributed by atoms with Gasteiger partial charge in [-0.3, -0.25) is 4.79 Å². The van der Waals surface area contributed by atoms with Crippen LogP contribution in [0.15, 0.2) is 6.20 Å². The average Bonchev–Trinajstić information content (AvgIpc) is 2.62. The van der Waals surface area contributed by atoms with Gasteiger partial charge in [-0.15, -0.1) is 11.3 Å². The van der Waals surface area contributed by atoms with Crippen LogP contribution in [0.3, 0.4) is 0 Å². The quantitative estimate of drug-likeness (QED) is 0.874. The summed E-state index contributed by atoms with van der Waals surface area (Å²) in [5.41, 5.74) is 5.27. The normalized spacial score (nSPS) is 14.4. The Morgan fingerprint density at radius 3 is 2.76 bits per heavy atom. The lowest BCUT2D eigenvalue weighted by atomic mass is 9.96. The molecule has 0 aliphatic carbocycles. The Bertz CT molecular complexity index is 387. The average molecular weight is 255 g/mol. The van der Waals surface area contributed by atoms with Gasteiger partial charge in [0, 0.05) is 18.1 Å². The molecule has 0 spiro atoms. The van der Waals surface area contributed by atoms with Gasteiger partial charge in [0.2, 0.25) is 5.91 Å². The molecule has 0 saturated carbocycles. The molecule has 4 nitrogen and oxygen atoms in total. The molecule has 5 heteroatoms. The molecule has 1 aromatic heterocycles. The molecule has 0 radical (unpaired) electrons. The van der Waals surface area contributed by atoms with E-state index in [0.29, 0.717) is 13.0 Å². The van der Waals surface area contributed by atoms with Crippen molar-refractivity contribution in [2.75, 3.05) is 7.05 Å². The van der Waals surface area contributed by atoms with Gasteiger partial charge in [0.15, 0.2) is 0 Å². The van der Waals surface area contributed by atoms with Gasteiger partial charge in [0.1, 0.15) is 0 Å². The first-order valence-corrected chi connectivity index (χ1v) is 6.64. The summed E-state index contributed by atoms with van der Waals surface area (Å²) in [6.45, 7) is 6.37. The second-order valence-corrected chi connectivity index (χ2v) is 5.99. The molecule has 0 bridgehead atoms. The van der Waals surface area contributed by atoms with Crippen molar-refractivity contribution < 1.29 is 4.79 Å². The monoisotopic (exact) mass is 255 g/mol. The van der Waals surface area contributed by atoms with Gasteiger partial charge in [-0.25, -0.2) is 4.98 Å². The van der Waals surface area contributed by atoms with Crippen molar-refractivity contribution in [2.24, 2.45) is 5.73 Å². The van der Waals surface area contributed by atoms with E-state index in [2.05, 4.69) is 4.98 Å². The minimum absolute atomic E-state index is 0.00889. The number of carbonyl (C=O) groups is 1. The first-order valence-electron chi connectivity index (χ1n) is 5.82. The predicted octanol–water partition coefficient (Wildman–Crippen LogP) is 1.93. The van der Waals surface area contributed by atoms with Gasteiger partial charge < -0.3 is 10.6 Å². The van der Waals surface area contributed by atoms with Crippen LogP contribution in [0.25, 0.3) is 0 Å². The molecule has 0 saturated heterocycles. The minimum Gasteiger partial charge on any atom is -0.339 e. The molecule has 1 amide bonds. The third-order valence-corrected chi connectivity index (χ3v) is 3.56. The number of amides is 1. The number of carbonyl (C=O) groups excluding carboxylic acids is 1. The van der Waals surface area contributed by atoms with Crippen molar-refractivity contribution in [3.8, 4) is 0 Å². The lowest BCUT2D eigenvalue weighted by Gasteiger charge is -2.28. The first-order chi connectivity index (χ1) is 7.86. The number of rotatable bonds is 5. The lowest BCUT2D eigenvalue weighted by Crippen LogP contribution is -2.51. The molecule has 1 unspecified atom stereocenters. The number of aromatic nitrogens is 1. The molecular formula is C12H21N3OS. The number of nitrogens with two attached hydrogens (primary N) is 1. The van der Waals surface area contributed by atoms with Crippen LogP contribution >= 0.6 is 11.3 Å². The summed E-state index contributed by atoms with van der Waals surface area (Å²) < 4.78 is 0. The molecule has 96 valence electrons. The smallest absolute Gasteiger partial charge is 0.242 e. The van der Waals surface area contributed by atoms with Crippen LogP contribution in [0.5, 0.6) is 0 Å². The van der Waals surface area contributed by atoms with Crippen molar-refractivity contribution in [3.63, 3.8) is 0 Å². The molecule has 1 rings (SSSR count). The van der Waals surface area contributed by atoms with Crippen molar-refractivity contribution in [1.29, 1.82) is 0 Å². The number of likely N-dealkylation sites (N-methyl/N-ethyl adjacent to an activating group) is 1. The predicted molar refractivity (Wildman–Crippen MR) is 70.8 cm³/mol. The molecule has 0 fully saturated rings. The summed E-state index contributed by atoms with van der Waals surface area (Å²) in [6.07, 6.45) is 3.43. The van der Waals surface area contributed by atoms with Gasteiger partial charge in [-0.1, -0.05) is 13.3 Å².